The second kappa shape index (κ2) is 9.13. The number of nitrogens with zero attached hydrogens (tertiary/aromatic N) is 2. The number of nitrogens with one attached hydrogen (secondary N) is 1. The lowest BCUT2D eigenvalue weighted by Gasteiger charge is -2.16. The molecule has 1 aromatic heterocycles. The van der Waals surface area contributed by atoms with Crippen LogP contribution in [0.3, 0.4) is 0 Å². The maximum absolute atomic E-state index is 12.5. The van der Waals surface area contributed by atoms with E-state index in [-0.39, 0.29) is 27.8 Å². The van der Waals surface area contributed by atoms with Crippen LogP contribution in [-0.4, -0.2) is 43.8 Å². The van der Waals surface area contributed by atoms with Crippen LogP contribution in [0.15, 0.2) is 34.5 Å². The van der Waals surface area contributed by atoms with Gasteiger partial charge in [0.25, 0.3) is 15.9 Å². The molecular weight excluding hydrogens is 406 g/mol. The van der Waals surface area contributed by atoms with Gasteiger partial charge in [0.05, 0.1) is 18.6 Å². The average Bonchev–Trinajstić information content (AvgIpc) is 3.16. The topological polar surface area (TPSA) is 119 Å². The van der Waals surface area contributed by atoms with Gasteiger partial charge < -0.3 is 10.1 Å². The third-order valence-electron chi connectivity index (χ3n) is 4.00. The summed E-state index contributed by atoms with van der Waals surface area (Å²) in [7, 11) is -2.24. The predicted octanol–water partition coefficient (Wildman–Crippen LogP) is 2.63. The Hall–Kier alpha value is -2.50. The number of benzene rings is 1. The maximum Gasteiger partial charge on any atom is 0.311 e. The molecule has 0 bridgehead atoms. The van der Waals surface area contributed by atoms with Crippen molar-refractivity contribution in [2.24, 2.45) is 0 Å². The van der Waals surface area contributed by atoms with Crippen molar-refractivity contribution in [1.29, 1.82) is 0 Å². The molecule has 1 heterocycles. The van der Waals surface area contributed by atoms with Gasteiger partial charge >= 0.3 is 5.69 Å². The zero-order valence-corrected chi connectivity index (χ0v) is 17.3. The van der Waals surface area contributed by atoms with E-state index >= 15 is 0 Å². The van der Waals surface area contributed by atoms with Gasteiger partial charge in [0.15, 0.2) is 5.75 Å². The molecule has 9 nitrogen and oxygen atoms in total. The molecular formula is C17H21N3O6S2. The lowest BCUT2D eigenvalue weighted by atomic mass is 10.1. The first-order valence-corrected chi connectivity index (χ1v) is 10.7. The largest absolute Gasteiger partial charge is 0.490 e. The quantitative estimate of drug-likeness (QED) is 0.485. The molecule has 0 aliphatic carbocycles. The molecule has 0 spiro atoms. The van der Waals surface area contributed by atoms with Crippen molar-refractivity contribution in [3.63, 3.8) is 0 Å². The first-order valence-electron chi connectivity index (χ1n) is 8.44. The van der Waals surface area contributed by atoms with Crippen LogP contribution in [-0.2, 0) is 16.6 Å². The second-order valence-electron chi connectivity index (χ2n) is 5.64. The number of rotatable bonds is 9. The molecule has 0 unspecified atom stereocenters. The average molecular weight is 428 g/mol. The minimum absolute atomic E-state index is 0.0612. The normalized spacial score (nSPS) is 11.4. The number of nitro benzene ring substituents is 1. The van der Waals surface area contributed by atoms with Crippen LogP contribution in [0, 0.1) is 10.1 Å². The van der Waals surface area contributed by atoms with Crippen molar-refractivity contribution in [1.82, 2.24) is 9.62 Å². The van der Waals surface area contributed by atoms with Crippen LogP contribution in [0.2, 0.25) is 0 Å². The Labute approximate surface area is 167 Å². The Morgan fingerprint density at radius 3 is 2.50 bits per heavy atom. The first-order chi connectivity index (χ1) is 13.2. The number of amides is 1. The van der Waals surface area contributed by atoms with Gasteiger partial charge in [0.2, 0.25) is 0 Å². The lowest BCUT2D eigenvalue weighted by molar-refractivity contribution is -0.385. The molecule has 28 heavy (non-hydrogen) atoms. The van der Waals surface area contributed by atoms with Gasteiger partial charge in [0, 0.05) is 29.6 Å². The molecule has 1 N–H and O–H groups in total. The molecule has 0 fully saturated rings. The molecule has 11 heteroatoms. The Kier molecular flexibility index (Phi) is 7.11. The number of nitro groups is 1. The standard InChI is InChI=1S/C17H21N3O6S2/c1-4-19(5-2)28(24,25)16-9-7-13(27-16)11-18-17(21)12-6-8-15(26-3)14(10-12)20(22)23/h6-10H,4-5,11H2,1-3H3,(H,18,21). The summed E-state index contributed by atoms with van der Waals surface area (Å²) in [5.41, 5.74) is -0.195. The molecule has 0 saturated heterocycles. The molecule has 2 aromatic rings. The fourth-order valence-electron chi connectivity index (χ4n) is 2.53. The smallest absolute Gasteiger partial charge is 0.311 e. The zero-order chi connectivity index (χ0) is 20.9. The van der Waals surface area contributed by atoms with E-state index in [4.69, 9.17) is 4.74 Å². The minimum Gasteiger partial charge on any atom is -0.490 e. The van der Waals surface area contributed by atoms with Crippen molar-refractivity contribution in [2.45, 2.75) is 24.6 Å². The van der Waals surface area contributed by atoms with E-state index in [1.807, 2.05) is 0 Å². The van der Waals surface area contributed by atoms with Gasteiger partial charge in [0.1, 0.15) is 4.21 Å². The highest BCUT2D eigenvalue weighted by Gasteiger charge is 2.23. The molecule has 0 radical (unpaired) electrons. The Balaban J connectivity index is 2.11. The molecule has 0 aliphatic rings. The summed E-state index contributed by atoms with van der Waals surface area (Å²) in [5.74, 6) is -0.446. The molecule has 1 amide bonds. The highest BCUT2D eigenvalue weighted by Crippen LogP contribution is 2.28. The summed E-state index contributed by atoms with van der Waals surface area (Å²) < 4.78 is 31.5. The number of ether oxygens (including phenoxy) is 1. The summed E-state index contributed by atoms with van der Waals surface area (Å²) in [5, 5.41) is 13.7. The first kappa shape index (κ1) is 21.8. The summed E-state index contributed by atoms with van der Waals surface area (Å²) in [6.45, 7) is 4.39. The molecule has 0 saturated carbocycles. The number of methoxy groups -OCH3 is 1. The number of carbonyl (C=O) groups is 1. The van der Waals surface area contributed by atoms with E-state index < -0.39 is 20.9 Å². The Morgan fingerprint density at radius 2 is 1.93 bits per heavy atom. The highest BCUT2D eigenvalue weighted by atomic mass is 32.2. The molecule has 152 valence electrons. The molecule has 1 aromatic carbocycles. The number of sulfonamides is 1. The van der Waals surface area contributed by atoms with Crippen LogP contribution in [0.1, 0.15) is 29.1 Å². The van der Waals surface area contributed by atoms with Crippen molar-refractivity contribution in [3.8, 4) is 5.75 Å². The number of thiophene rings is 1. The molecule has 0 aliphatic heterocycles. The van der Waals surface area contributed by atoms with Crippen LogP contribution in [0.25, 0.3) is 0 Å². The Bertz CT molecular complexity index is 967. The van der Waals surface area contributed by atoms with Gasteiger partial charge in [-0.15, -0.1) is 11.3 Å². The summed E-state index contributed by atoms with van der Waals surface area (Å²) in [4.78, 5) is 23.4. The van der Waals surface area contributed by atoms with Crippen molar-refractivity contribution < 1.29 is 22.9 Å². The fraction of sp³-hybridized carbons (Fsp3) is 0.353. The minimum atomic E-state index is -3.54. The monoisotopic (exact) mass is 427 g/mol. The van der Waals surface area contributed by atoms with Gasteiger partial charge in [-0.2, -0.15) is 4.31 Å². The predicted molar refractivity (Wildman–Crippen MR) is 105 cm³/mol. The highest BCUT2D eigenvalue weighted by molar-refractivity contribution is 7.91. The van der Waals surface area contributed by atoms with E-state index in [2.05, 4.69) is 5.32 Å². The number of hydrogen-bond acceptors (Lipinski definition) is 7. The molecule has 0 atom stereocenters. The summed E-state index contributed by atoms with van der Waals surface area (Å²) in [6.07, 6.45) is 0. The van der Waals surface area contributed by atoms with Crippen LogP contribution in [0.4, 0.5) is 5.69 Å². The van der Waals surface area contributed by atoms with E-state index in [9.17, 15) is 23.3 Å². The van der Waals surface area contributed by atoms with Gasteiger partial charge in [-0.05, 0) is 24.3 Å². The fourth-order valence-corrected chi connectivity index (χ4v) is 5.43. The van der Waals surface area contributed by atoms with E-state index in [1.165, 1.54) is 29.6 Å². The van der Waals surface area contributed by atoms with Gasteiger partial charge in [-0.3, -0.25) is 14.9 Å². The van der Waals surface area contributed by atoms with Crippen molar-refractivity contribution >= 4 is 33.0 Å². The van der Waals surface area contributed by atoms with Crippen molar-refractivity contribution in [3.05, 3.63) is 50.9 Å². The lowest BCUT2D eigenvalue weighted by Crippen LogP contribution is -2.30. The van der Waals surface area contributed by atoms with E-state index in [1.54, 1.807) is 19.9 Å². The number of carbonyl (C=O) groups excluding carboxylic acids is 1. The third-order valence-corrected chi connectivity index (χ3v) is 7.60. The van der Waals surface area contributed by atoms with E-state index in [0.29, 0.717) is 18.0 Å². The Morgan fingerprint density at radius 1 is 1.25 bits per heavy atom. The van der Waals surface area contributed by atoms with Gasteiger partial charge in [-0.25, -0.2) is 8.42 Å². The SMILES string of the molecule is CCN(CC)S(=O)(=O)c1ccc(CNC(=O)c2ccc(OC)c([N+](=O)[O-])c2)s1. The number of hydrogen-bond donors (Lipinski definition) is 1. The van der Waals surface area contributed by atoms with Crippen molar-refractivity contribution in [2.75, 3.05) is 20.2 Å². The zero-order valence-electron chi connectivity index (χ0n) is 15.7. The maximum atomic E-state index is 12.5. The van der Waals surface area contributed by atoms with Crippen LogP contribution < -0.4 is 10.1 Å². The van der Waals surface area contributed by atoms with E-state index in [0.717, 1.165) is 17.4 Å². The third kappa shape index (κ3) is 4.66. The summed E-state index contributed by atoms with van der Waals surface area (Å²) >= 11 is 1.08. The second-order valence-corrected chi connectivity index (χ2v) is 8.97. The van der Waals surface area contributed by atoms with Gasteiger partial charge in [-0.1, -0.05) is 13.8 Å². The molecule has 2 rings (SSSR count). The van der Waals surface area contributed by atoms with Crippen LogP contribution >= 0.6 is 11.3 Å². The summed E-state index contributed by atoms with van der Waals surface area (Å²) in [6, 6.07) is 7.06. The van der Waals surface area contributed by atoms with Crippen LogP contribution in [0.5, 0.6) is 5.75 Å².